The highest BCUT2D eigenvalue weighted by atomic mass is 19.4. The molecule has 0 saturated carbocycles. The first-order chi connectivity index (χ1) is 14.9. The summed E-state index contributed by atoms with van der Waals surface area (Å²) in [5.41, 5.74) is 2.39. The van der Waals surface area contributed by atoms with E-state index in [1.54, 1.807) is 0 Å². The Labute approximate surface area is 180 Å². The lowest BCUT2D eigenvalue weighted by Crippen LogP contribution is -2.44. The van der Waals surface area contributed by atoms with Gasteiger partial charge in [0.2, 0.25) is 0 Å². The van der Waals surface area contributed by atoms with E-state index in [0.717, 1.165) is 11.6 Å². The number of amides is 1. The molecule has 1 amide bonds. The minimum atomic E-state index is -4.79. The van der Waals surface area contributed by atoms with E-state index in [4.69, 9.17) is 0 Å². The van der Waals surface area contributed by atoms with Crippen LogP contribution in [0.2, 0.25) is 0 Å². The highest BCUT2D eigenvalue weighted by Gasteiger charge is 2.33. The van der Waals surface area contributed by atoms with E-state index < -0.39 is 18.0 Å². The summed E-state index contributed by atoms with van der Waals surface area (Å²) in [7, 11) is 0. The van der Waals surface area contributed by atoms with E-state index in [-0.39, 0.29) is 5.56 Å². The van der Waals surface area contributed by atoms with Crippen LogP contribution in [0.4, 0.5) is 13.2 Å². The molecule has 2 aliphatic rings. The second-order valence-corrected chi connectivity index (χ2v) is 8.33. The number of ether oxygens (including phenoxy) is 1. The molecule has 0 aromatic heterocycles. The molecule has 0 aliphatic carbocycles. The second-order valence-electron chi connectivity index (χ2n) is 8.33. The number of hydrogen-bond acceptors (Lipinski definition) is 3. The van der Waals surface area contributed by atoms with Crippen molar-refractivity contribution in [2.45, 2.75) is 63.5 Å². The van der Waals surface area contributed by atoms with Crippen LogP contribution in [-0.4, -0.2) is 29.8 Å². The molecule has 0 spiro atoms. The quantitative estimate of drug-likeness (QED) is 0.669. The topological polar surface area (TPSA) is 41.6 Å². The van der Waals surface area contributed by atoms with E-state index in [1.165, 1.54) is 68.8 Å². The zero-order valence-electron chi connectivity index (χ0n) is 17.3. The Morgan fingerprint density at radius 1 is 1.03 bits per heavy atom. The van der Waals surface area contributed by atoms with Crippen LogP contribution < -0.4 is 10.1 Å². The van der Waals surface area contributed by atoms with Gasteiger partial charge in [0.25, 0.3) is 5.91 Å². The van der Waals surface area contributed by atoms with Crippen LogP contribution in [-0.2, 0) is 6.54 Å². The van der Waals surface area contributed by atoms with Crippen LogP contribution in [0.25, 0.3) is 0 Å². The van der Waals surface area contributed by atoms with Gasteiger partial charge in [-0.3, -0.25) is 9.69 Å². The standard InChI is InChI=1S/C24H27F3N2O2/c25-24(26,27)31-21-8-3-5-19(15-21)23(30)28-16-17-10-12-18(13-11-17)22-9-4-7-20-6-1-2-14-29(20)22/h3,5,8,10-13,15,20,22H,1-2,4,6-7,9,14,16H2,(H,28,30). The molecule has 2 aromatic rings. The fourth-order valence-electron chi connectivity index (χ4n) is 4.79. The third-order valence-electron chi connectivity index (χ3n) is 6.24. The molecule has 0 bridgehead atoms. The second kappa shape index (κ2) is 9.30. The van der Waals surface area contributed by atoms with Crippen molar-refractivity contribution < 1.29 is 22.7 Å². The molecule has 2 saturated heterocycles. The number of nitrogens with one attached hydrogen (secondary N) is 1. The summed E-state index contributed by atoms with van der Waals surface area (Å²) in [5.74, 6) is -0.854. The maximum Gasteiger partial charge on any atom is 0.573 e. The summed E-state index contributed by atoms with van der Waals surface area (Å²) < 4.78 is 41.0. The SMILES string of the molecule is O=C(NCc1ccc(C2CCCC3CCCCN32)cc1)c1cccc(OC(F)(F)F)c1. The number of piperidine rings is 2. The lowest BCUT2D eigenvalue weighted by Gasteiger charge is -2.45. The third-order valence-corrected chi connectivity index (χ3v) is 6.24. The predicted octanol–water partition coefficient (Wildman–Crippen LogP) is 5.59. The fourth-order valence-corrected chi connectivity index (χ4v) is 4.79. The lowest BCUT2D eigenvalue weighted by molar-refractivity contribution is -0.274. The minimum Gasteiger partial charge on any atom is -0.406 e. The summed E-state index contributed by atoms with van der Waals surface area (Å²) in [6.07, 6.45) is 2.86. The number of halogens is 3. The highest BCUT2D eigenvalue weighted by Crippen LogP contribution is 2.38. The normalized spacial score (nSPS) is 21.9. The van der Waals surface area contributed by atoms with Gasteiger partial charge in [-0.2, -0.15) is 0 Å². The molecule has 7 heteroatoms. The van der Waals surface area contributed by atoms with Gasteiger partial charge in [-0.1, -0.05) is 36.8 Å². The number of rotatable bonds is 5. The molecule has 1 N–H and O–H groups in total. The van der Waals surface area contributed by atoms with E-state index in [9.17, 15) is 18.0 Å². The molecule has 4 rings (SSSR count). The predicted molar refractivity (Wildman–Crippen MR) is 112 cm³/mol. The molecule has 166 valence electrons. The van der Waals surface area contributed by atoms with Crippen LogP contribution in [0.15, 0.2) is 48.5 Å². The summed E-state index contributed by atoms with van der Waals surface area (Å²) >= 11 is 0. The maximum absolute atomic E-state index is 12.4. The van der Waals surface area contributed by atoms with Crippen molar-refractivity contribution >= 4 is 5.91 Å². The molecule has 2 aliphatic heterocycles. The first-order valence-corrected chi connectivity index (χ1v) is 10.9. The van der Waals surface area contributed by atoms with Crippen LogP contribution in [0.3, 0.4) is 0 Å². The Balaban J connectivity index is 1.35. The maximum atomic E-state index is 12.4. The monoisotopic (exact) mass is 432 g/mol. The van der Waals surface area contributed by atoms with Gasteiger partial charge >= 0.3 is 6.36 Å². The number of carbonyl (C=O) groups excluding carboxylic acids is 1. The summed E-state index contributed by atoms with van der Waals surface area (Å²) in [4.78, 5) is 15.0. The van der Waals surface area contributed by atoms with Crippen molar-refractivity contribution in [1.29, 1.82) is 0 Å². The van der Waals surface area contributed by atoms with Gasteiger partial charge in [-0.05, 0) is 68.0 Å². The molecule has 4 nitrogen and oxygen atoms in total. The zero-order valence-corrected chi connectivity index (χ0v) is 17.3. The van der Waals surface area contributed by atoms with Crippen molar-refractivity contribution in [3.05, 3.63) is 65.2 Å². The van der Waals surface area contributed by atoms with Crippen LogP contribution >= 0.6 is 0 Å². The van der Waals surface area contributed by atoms with Gasteiger partial charge < -0.3 is 10.1 Å². The van der Waals surface area contributed by atoms with Crippen molar-refractivity contribution in [2.24, 2.45) is 0 Å². The van der Waals surface area contributed by atoms with Crippen molar-refractivity contribution in [1.82, 2.24) is 10.2 Å². The smallest absolute Gasteiger partial charge is 0.406 e. The summed E-state index contributed by atoms with van der Waals surface area (Å²) in [6.45, 7) is 1.48. The zero-order chi connectivity index (χ0) is 21.8. The minimum absolute atomic E-state index is 0.122. The van der Waals surface area contributed by atoms with Crippen LogP contribution in [0, 0.1) is 0 Å². The molecule has 2 heterocycles. The summed E-state index contributed by atoms with van der Waals surface area (Å²) in [6, 6.07) is 14.6. The molecule has 2 atom stereocenters. The Hall–Kier alpha value is -2.54. The number of benzene rings is 2. The van der Waals surface area contributed by atoms with E-state index in [2.05, 4.69) is 27.1 Å². The molecule has 2 aromatic carbocycles. The number of alkyl halides is 3. The molecule has 2 fully saturated rings. The molecule has 31 heavy (non-hydrogen) atoms. The Bertz CT molecular complexity index is 896. The number of nitrogens with zero attached hydrogens (tertiary/aromatic N) is 1. The average molecular weight is 432 g/mol. The molecule has 0 radical (unpaired) electrons. The fraction of sp³-hybridized carbons (Fsp3) is 0.458. The number of carbonyl (C=O) groups is 1. The Morgan fingerprint density at radius 2 is 1.81 bits per heavy atom. The lowest BCUT2D eigenvalue weighted by atomic mass is 9.86. The van der Waals surface area contributed by atoms with Gasteiger partial charge in [0, 0.05) is 24.2 Å². The van der Waals surface area contributed by atoms with Crippen LogP contribution in [0.1, 0.15) is 66.1 Å². The van der Waals surface area contributed by atoms with Gasteiger partial charge in [0.1, 0.15) is 5.75 Å². The van der Waals surface area contributed by atoms with Gasteiger partial charge in [0.05, 0.1) is 0 Å². The van der Waals surface area contributed by atoms with E-state index >= 15 is 0 Å². The first kappa shape index (κ1) is 21.7. The largest absolute Gasteiger partial charge is 0.573 e. The molecular weight excluding hydrogens is 405 g/mol. The number of hydrogen-bond donors (Lipinski definition) is 1. The Kier molecular flexibility index (Phi) is 6.51. The van der Waals surface area contributed by atoms with E-state index in [1.807, 2.05) is 12.1 Å². The van der Waals surface area contributed by atoms with Gasteiger partial charge in [-0.25, -0.2) is 0 Å². The highest BCUT2D eigenvalue weighted by molar-refractivity contribution is 5.94. The van der Waals surface area contributed by atoms with Crippen molar-refractivity contribution in [2.75, 3.05) is 6.54 Å². The third kappa shape index (κ3) is 5.58. The van der Waals surface area contributed by atoms with Gasteiger partial charge in [0.15, 0.2) is 0 Å². The molecular formula is C24H27F3N2O2. The average Bonchev–Trinajstić information content (AvgIpc) is 2.76. The van der Waals surface area contributed by atoms with Gasteiger partial charge in [-0.15, -0.1) is 13.2 Å². The summed E-state index contributed by atoms with van der Waals surface area (Å²) in [5, 5.41) is 2.76. The first-order valence-electron chi connectivity index (χ1n) is 10.9. The van der Waals surface area contributed by atoms with Crippen LogP contribution in [0.5, 0.6) is 5.75 Å². The van der Waals surface area contributed by atoms with E-state index in [0.29, 0.717) is 18.6 Å². The van der Waals surface area contributed by atoms with Crippen molar-refractivity contribution in [3.63, 3.8) is 0 Å². The molecule has 2 unspecified atom stereocenters. The Morgan fingerprint density at radius 3 is 2.58 bits per heavy atom. The number of fused-ring (bicyclic) bond motifs is 1. The van der Waals surface area contributed by atoms with Crippen molar-refractivity contribution in [3.8, 4) is 5.75 Å².